The molecule has 0 rings (SSSR count). The highest BCUT2D eigenvalue weighted by atomic mass is 32.2. The van der Waals surface area contributed by atoms with Gasteiger partial charge in [0.2, 0.25) is 10.0 Å². The van der Waals surface area contributed by atoms with E-state index in [1.165, 1.54) is 0 Å². The number of rotatable bonds is 2. The summed E-state index contributed by atoms with van der Waals surface area (Å²) in [5.41, 5.74) is -4.49. The Balaban J connectivity index is 5.09. The largest absolute Gasteiger partial charge is 0.457 e. The summed E-state index contributed by atoms with van der Waals surface area (Å²) in [6, 6.07) is 0. The van der Waals surface area contributed by atoms with Gasteiger partial charge in [0.1, 0.15) is 0 Å². The highest BCUT2D eigenvalue weighted by molar-refractivity contribution is 7.89. The molecule has 0 amide bonds. The van der Waals surface area contributed by atoms with Crippen LogP contribution in [0, 0.1) is 0 Å². The lowest BCUT2D eigenvalue weighted by atomic mass is 10.4. The van der Waals surface area contributed by atoms with Crippen LogP contribution in [0.15, 0.2) is 0 Å². The zero-order valence-electron chi connectivity index (χ0n) is 5.65. The molecule has 1 atom stereocenters. The standard InChI is InChI=1S/C3H3F6NO2S/c4-1(13(10,11)12)2(5,6)3(7,8)9/h1H,(H2,10,11,12). The number of hydrogen-bond donors (Lipinski definition) is 1. The van der Waals surface area contributed by atoms with Crippen molar-refractivity contribution in [2.75, 3.05) is 0 Å². The van der Waals surface area contributed by atoms with Crippen LogP contribution >= 0.6 is 0 Å². The molecular weight excluding hydrogens is 228 g/mol. The molecule has 10 heteroatoms. The molecule has 0 heterocycles. The van der Waals surface area contributed by atoms with Gasteiger partial charge in [-0.3, -0.25) is 0 Å². The second kappa shape index (κ2) is 3.01. The third-order valence-corrected chi connectivity index (χ3v) is 1.82. The first-order chi connectivity index (χ1) is 5.40. The highest BCUT2D eigenvalue weighted by Crippen LogP contribution is 2.40. The molecule has 0 radical (unpaired) electrons. The number of nitrogens with two attached hydrogens (primary N) is 1. The number of sulfonamides is 1. The molecule has 0 aromatic heterocycles. The summed E-state index contributed by atoms with van der Waals surface area (Å²) in [6.07, 6.45) is -6.29. The van der Waals surface area contributed by atoms with Crippen LogP contribution in [0.5, 0.6) is 0 Å². The van der Waals surface area contributed by atoms with Crippen LogP contribution in [0.25, 0.3) is 0 Å². The van der Waals surface area contributed by atoms with E-state index in [1.54, 1.807) is 0 Å². The van der Waals surface area contributed by atoms with E-state index in [4.69, 9.17) is 0 Å². The molecule has 0 bridgehead atoms. The molecule has 0 aliphatic rings. The minimum atomic E-state index is -6.29. The van der Waals surface area contributed by atoms with Gasteiger partial charge in [-0.1, -0.05) is 0 Å². The predicted molar refractivity (Wildman–Crippen MR) is 29.0 cm³/mol. The van der Waals surface area contributed by atoms with Gasteiger partial charge in [0.15, 0.2) is 0 Å². The van der Waals surface area contributed by atoms with Gasteiger partial charge in [-0.25, -0.2) is 17.9 Å². The molecule has 0 aliphatic heterocycles. The Bertz CT molecular complexity index is 281. The van der Waals surface area contributed by atoms with Crippen molar-refractivity contribution in [3.8, 4) is 0 Å². The zero-order valence-corrected chi connectivity index (χ0v) is 6.46. The molecule has 3 nitrogen and oxygen atoms in total. The molecular formula is C3H3F6NO2S. The van der Waals surface area contributed by atoms with Crippen molar-refractivity contribution in [1.29, 1.82) is 0 Å². The SMILES string of the molecule is NS(=O)(=O)C(F)C(F)(F)C(F)(F)F. The average molecular weight is 231 g/mol. The average Bonchev–Trinajstić information content (AvgIpc) is 1.81. The third-order valence-electron chi connectivity index (χ3n) is 0.951. The topological polar surface area (TPSA) is 60.2 Å². The van der Waals surface area contributed by atoms with E-state index in [0.29, 0.717) is 0 Å². The summed E-state index contributed by atoms with van der Waals surface area (Å²) in [7, 11) is -5.58. The molecule has 2 N–H and O–H groups in total. The normalized spacial score (nSPS) is 17.2. The minimum absolute atomic E-state index is 3.78. The highest BCUT2D eigenvalue weighted by Gasteiger charge is 2.66. The maximum atomic E-state index is 12.0. The maximum absolute atomic E-state index is 12.0. The Morgan fingerprint density at radius 3 is 1.46 bits per heavy atom. The van der Waals surface area contributed by atoms with Gasteiger partial charge in [0.05, 0.1) is 0 Å². The number of hydrogen-bond acceptors (Lipinski definition) is 2. The lowest BCUT2D eigenvalue weighted by Gasteiger charge is -2.21. The fourth-order valence-electron chi connectivity index (χ4n) is 0.335. The Labute approximate surface area is 68.6 Å². The van der Waals surface area contributed by atoms with Crippen molar-refractivity contribution < 1.29 is 34.8 Å². The van der Waals surface area contributed by atoms with E-state index in [-0.39, 0.29) is 0 Å². The van der Waals surface area contributed by atoms with E-state index >= 15 is 0 Å². The van der Waals surface area contributed by atoms with Crippen LogP contribution in [0.2, 0.25) is 0 Å². The molecule has 0 spiro atoms. The van der Waals surface area contributed by atoms with Crippen molar-refractivity contribution in [3.63, 3.8) is 0 Å². The van der Waals surface area contributed by atoms with Gasteiger partial charge in [-0.05, 0) is 0 Å². The van der Waals surface area contributed by atoms with E-state index in [2.05, 4.69) is 5.14 Å². The zero-order chi connectivity index (χ0) is 11.1. The van der Waals surface area contributed by atoms with E-state index in [0.717, 1.165) is 0 Å². The summed E-state index contributed by atoms with van der Waals surface area (Å²) in [5, 5.41) is 3.78. The first kappa shape index (κ1) is 12.5. The predicted octanol–water partition coefficient (Wildman–Crippen LogP) is 0.768. The quantitative estimate of drug-likeness (QED) is 0.713. The monoisotopic (exact) mass is 231 g/mol. The first-order valence-electron chi connectivity index (χ1n) is 2.51. The summed E-state index contributed by atoms with van der Waals surface area (Å²) >= 11 is 0. The lowest BCUT2D eigenvalue weighted by molar-refractivity contribution is -0.292. The van der Waals surface area contributed by atoms with Crippen LogP contribution in [0.4, 0.5) is 26.3 Å². The van der Waals surface area contributed by atoms with Crippen LogP contribution in [0.3, 0.4) is 0 Å². The van der Waals surface area contributed by atoms with Gasteiger partial charge < -0.3 is 0 Å². The molecule has 0 aliphatic carbocycles. The molecule has 0 fully saturated rings. The molecule has 13 heavy (non-hydrogen) atoms. The molecule has 0 aromatic carbocycles. The fourth-order valence-corrected chi connectivity index (χ4v) is 0.881. The van der Waals surface area contributed by atoms with E-state index < -0.39 is 27.6 Å². The Morgan fingerprint density at radius 1 is 1.08 bits per heavy atom. The minimum Gasteiger partial charge on any atom is -0.226 e. The van der Waals surface area contributed by atoms with Crippen LogP contribution in [-0.2, 0) is 10.0 Å². The van der Waals surface area contributed by atoms with Gasteiger partial charge in [0.25, 0.3) is 5.50 Å². The van der Waals surface area contributed by atoms with Crippen LogP contribution in [-0.4, -0.2) is 26.0 Å². The number of halogens is 6. The van der Waals surface area contributed by atoms with Crippen molar-refractivity contribution in [1.82, 2.24) is 0 Å². The lowest BCUT2D eigenvalue weighted by Crippen LogP contribution is -2.50. The van der Waals surface area contributed by atoms with Gasteiger partial charge in [0, 0.05) is 0 Å². The van der Waals surface area contributed by atoms with Crippen molar-refractivity contribution in [3.05, 3.63) is 0 Å². The second-order valence-corrected chi connectivity index (χ2v) is 3.62. The van der Waals surface area contributed by atoms with E-state index in [9.17, 15) is 34.8 Å². The fraction of sp³-hybridized carbons (Fsp3) is 1.00. The smallest absolute Gasteiger partial charge is 0.226 e. The number of alkyl halides is 6. The number of primary sulfonamides is 1. The summed E-state index contributed by atoms with van der Waals surface area (Å²) in [4.78, 5) is 0. The molecule has 0 saturated heterocycles. The molecule has 1 unspecified atom stereocenters. The van der Waals surface area contributed by atoms with Crippen LogP contribution < -0.4 is 5.14 Å². The summed E-state index contributed by atoms with van der Waals surface area (Å²) in [6.45, 7) is 0. The summed E-state index contributed by atoms with van der Waals surface area (Å²) < 4.78 is 89.3. The Morgan fingerprint density at radius 2 is 1.38 bits per heavy atom. The Hall–Kier alpha value is -0.510. The van der Waals surface area contributed by atoms with Gasteiger partial charge >= 0.3 is 12.1 Å². The van der Waals surface area contributed by atoms with Crippen molar-refractivity contribution >= 4 is 10.0 Å². The summed E-state index contributed by atoms with van der Waals surface area (Å²) in [5.74, 6) is -6.00. The van der Waals surface area contributed by atoms with Crippen molar-refractivity contribution in [2.45, 2.75) is 17.6 Å². The maximum Gasteiger partial charge on any atom is 0.457 e. The van der Waals surface area contributed by atoms with Crippen LogP contribution in [0.1, 0.15) is 0 Å². The van der Waals surface area contributed by atoms with Gasteiger partial charge in [-0.15, -0.1) is 0 Å². The third kappa shape index (κ3) is 2.46. The Kier molecular flexibility index (Phi) is 2.89. The molecule has 0 saturated carbocycles. The van der Waals surface area contributed by atoms with Gasteiger partial charge in [-0.2, -0.15) is 22.0 Å². The second-order valence-electron chi connectivity index (χ2n) is 2.03. The van der Waals surface area contributed by atoms with E-state index in [1.807, 2.05) is 0 Å². The first-order valence-corrected chi connectivity index (χ1v) is 4.12. The molecule has 0 aromatic rings. The molecule has 80 valence electrons. The van der Waals surface area contributed by atoms with Crippen molar-refractivity contribution in [2.24, 2.45) is 5.14 Å².